The highest BCUT2D eigenvalue weighted by molar-refractivity contribution is 5.43. The highest BCUT2D eigenvalue weighted by Crippen LogP contribution is 1.99. The fourth-order valence-electron chi connectivity index (χ4n) is 0.626. The molecule has 0 atom stereocenters. The average molecular weight is 143 g/mol. The van der Waals surface area contributed by atoms with Gasteiger partial charge >= 0.3 is 0 Å². The third kappa shape index (κ3) is 2.00. The van der Waals surface area contributed by atoms with Crippen LogP contribution in [-0.2, 0) is 0 Å². The van der Waals surface area contributed by atoms with Crippen LogP contribution in [0.15, 0.2) is 18.3 Å². The van der Waals surface area contributed by atoms with Crippen LogP contribution in [-0.4, -0.2) is 4.98 Å². The van der Waals surface area contributed by atoms with Crippen molar-refractivity contribution in [1.82, 2.24) is 4.98 Å². The Kier molecular flexibility index (Phi) is 2.09. The number of anilines is 1. The molecule has 0 bridgehead atoms. The molecule has 0 spiro atoms. The molecule has 1 aromatic heterocycles. The second kappa shape index (κ2) is 3.24. The summed E-state index contributed by atoms with van der Waals surface area (Å²) in [6.07, 6.45) is 1.55. The van der Waals surface area contributed by atoms with E-state index in [9.17, 15) is 0 Å². The fourth-order valence-corrected chi connectivity index (χ4v) is 0.626. The van der Waals surface area contributed by atoms with Crippen LogP contribution < -0.4 is 5.73 Å². The summed E-state index contributed by atoms with van der Waals surface area (Å²) in [6, 6.07) is 5.02. The highest BCUT2D eigenvalue weighted by atomic mass is 14.8. The first kappa shape index (κ1) is 7.11. The predicted octanol–water partition coefficient (Wildman–Crippen LogP) is 0.539. The van der Waals surface area contributed by atoms with Crippen LogP contribution >= 0.6 is 0 Å². The first-order chi connectivity index (χ1) is 5.33. The molecule has 0 unspecified atom stereocenters. The van der Waals surface area contributed by atoms with Gasteiger partial charge in [-0.1, -0.05) is 5.92 Å². The van der Waals surface area contributed by atoms with E-state index in [1.807, 2.05) is 0 Å². The van der Waals surface area contributed by atoms with E-state index in [4.69, 9.17) is 11.0 Å². The van der Waals surface area contributed by atoms with E-state index < -0.39 is 0 Å². The van der Waals surface area contributed by atoms with Crippen LogP contribution in [0.2, 0.25) is 0 Å². The van der Waals surface area contributed by atoms with Crippen LogP contribution in [0.25, 0.3) is 0 Å². The standard InChI is InChI=1S/C8H5N3/c9-4-1-2-7-3-5-11-8(10)6-7/h3,5-6H,(H2,10,11). The van der Waals surface area contributed by atoms with E-state index in [-0.39, 0.29) is 0 Å². The van der Waals surface area contributed by atoms with Crippen molar-refractivity contribution in [3.05, 3.63) is 23.9 Å². The Morgan fingerprint density at radius 3 is 3.00 bits per heavy atom. The second-order valence-electron chi connectivity index (χ2n) is 1.83. The minimum atomic E-state index is 0.412. The van der Waals surface area contributed by atoms with Gasteiger partial charge in [-0.05, 0) is 12.1 Å². The topological polar surface area (TPSA) is 62.7 Å². The Hall–Kier alpha value is -2.00. The zero-order chi connectivity index (χ0) is 8.10. The number of pyridine rings is 1. The van der Waals surface area contributed by atoms with E-state index in [0.29, 0.717) is 11.4 Å². The molecule has 1 rings (SSSR count). The summed E-state index contributed by atoms with van der Waals surface area (Å²) in [4.78, 5) is 3.77. The summed E-state index contributed by atoms with van der Waals surface area (Å²) >= 11 is 0. The number of rotatable bonds is 0. The van der Waals surface area contributed by atoms with Crippen LogP contribution in [0, 0.1) is 23.2 Å². The minimum absolute atomic E-state index is 0.412. The predicted molar refractivity (Wildman–Crippen MR) is 41.1 cm³/mol. The number of nitriles is 1. The maximum absolute atomic E-state index is 8.13. The van der Waals surface area contributed by atoms with Crippen molar-refractivity contribution in [2.24, 2.45) is 0 Å². The zero-order valence-corrected chi connectivity index (χ0v) is 5.70. The quantitative estimate of drug-likeness (QED) is 0.539. The summed E-state index contributed by atoms with van der Waals surface area (Å²) in [5.74, 6) is 5.28. The molecule has 3 heteroatoms. The molecular weight excluding hydrogens is 138 g/mol. The molecule has 0 aliphatic carbocycles. The van der Waals surface area contributed by atoms with Crippen molar-refractivity contribution in [2.45, 2.75) is 0 Å². The lowest BCUT2D eigenvalue weighted by Gasteiger charge is -1.89. The number of nitrogens with two attached hydrogens (primary N) is 1. The van der Waals surface area contributed by atoms with E-state index >= 15 is 0 Å². The molecule has 0 fully saturated rings. The number of hydrogen-bond acceptors (Lipinski definition) is 3. The first-order valence-corrected chi connectivity index (χ1v) is 2.94. The molecule has 2 N–H and O–H groups in total. The summed E-state index contributed by atoms with van der Waals surface area (Å²) in [5, 5.41) is 8.13. The van der Waals surface area contributed by atoms with Gasteiger partial charge in [0.15, 0.2) is 6.07 Å². The third-order valence-corrected chi connectivity index (χ3v) is 1.04. The molecule has 0 saturated heterocycles. The first-order valence-electron chi connectivity index (χ1n) is 2.94. The number of aromatic nitrogens is 1. The molecule has 1 aromatic rings. The molecule has 0 amide bonds. The SMILES string of the molecule is N#CC#Cc1ccnc(N)c1. The van der Waals surface area contributed by atoms with Crippen LogP contribution in [0.5, 0.6) is 0 Å². The minimum Gasteiger partial charge on any atom is -0.384 e. The fraction of sp³-hybridized carbons (Fsp3) is 0. The Balaban J connectivity index is 2.99. The van der Waals surface area contributed by atoms with Gasteiger partial charge in [0.1, 0.15) is 5.82 Å². The van der Waals surface area contributed by atoms with E-state index in [0.717, 1.165) is 0 Å². The van der Waals surface area contributed by atoms with Gasteiger partial charge in [-0.2, -0.15) is 5.26 Å². The summed E-state index contributed by atoms with van der Waals surface area (Å²) in [5.41, 5.74) is 6.08. The Morgan fingerprint density at radius 2 is 2.36 bits per heavy atom. The van der Waals surface area contributed by atoms with Crippen LogP contribution in [0.1, 0.15) is 5.56 Å². The maximum atomic E-state index is 8.13. The van der Waals surface area contributed by atoms with Crippen molar-refractivity contribution in [2.75, 3.05) is 5.73 Å². The van der Waals surface area contributed by atoms with Crippen LogP contribution in [0.4, 0.5) is 5.82 Å². The van der Waals surface area contributed by atoms with E-state index in [1.165, 1.54) is 0 Å². The second-order valence-corrected chi connectivity index (χ2v) is 1.83. The van der Waals surface area contributed by atoms with Crippen molar-refractivity contribution < 1.29 is 0 Å². The Labute approximate surface area is 64.5 Å². The van der Waals surface area contributed by atoms with Gasteiger partial charge in [-0.3, -0.25) is 0 Å². The molecule has 11 heavy (non-hydrogen) atoms. The number of nitrogen functional groups attached to an aromatic ring is 1. The number of nitrogens with zero attached hydrogens (tertiary/aromatic N) is 2. The van der Waals surface area contributed by atoms with Gasteiger partial charge in [-0.25, -0.2) is 4.98 Å². The molecule has 0 aromatic carbocycles. The van der Waals surface area contributed by atoms with Gasteiger partial charge in [0, 0.05) is 17.7 Å². The van der Waals surface area contributed by atoms with Crippen molar-refractivity contribution in [1.29, 1.82) is 5.26 Å². The van der Waals surface area contributed by atoms with Crippen molar-refractivity contribution in [3.8, 4) is 17.9 Å². The monoisotopic (exact) mass is 143 g/mol. The van der Waals surface area contributed by atoms with Crippen molar-refractivity contribution >= 4 is 5.82 Å². The molecule has 0 saturated carbocycles. The molecule has 52 valence electrons. The highest BCUT2D eigenvalue weighted by Gasteiger charge is 1.86. The summed E-state index contributed by atoms with van der Waals surface area (Å²) in [6.45, 7) is 0. The Bertz CT molecular complexity index is 352. The lowest BCUT2D eigenvalue weighted by molar-refractivity contribution is 1.33. The Morgan fingerprint density at radius 1 is 1.55 bits per heavy atom. The van der Waals surface area contributed by atoms with Gasteiger partial charge in [0.25, 0.3) is 0 Å². The van der Waals surface area contributed by atoms with Crippen molar-refractivity contribution in [3.63, 3.8) is 0 Å². The van der Waals surface area contributed by atoms with E-state index in [1.54, 1.807) is 24.4 Å². The largest absolute Gasteiger partial charge is 0.384 e. The summed E-state index contributed by atoms with van der Waals surface area (Å²) in [7, 11) is 0. The average Bonchev–Trinajstić information content (AvgIpc) is 2.01. The molecule has 3 nitrogen and oxygen atoms in total. The molecule has 0 radical (unpaired) electrons. The van der Waals surface area contributed by atoms with E-state index in [2.05, 4.69) is 16.8 Å². The third-order valence-electron chi connectivity index (χ3n) is 1.04. The molecule has 1 heterocycles. The lowest BCUT2D eigenvalue weighted by atomic mass is 10.3. The zero-order valence-electron chi connectivity index (χ0n) is 5.70. The van der Waals surface area contributed by atoms with Crippen LogP contribution in [0.3, 0.4) is 0 Å². The lowest BCUT2D eigenvalue weighted by Crippen LogP contribution is -1.88. The van der Waals surface area contributed by atoms with Gasteiger partial charge in [0.2, 0.25) is 0 Å². The maximum Gasteiger partial charge on any atom is 0.152 e. The molecule has 0 aliphatic rings. The molecule has 0 aliphatic heterocycles. The van der Waals surface area contributed by atoms with Gasteiger partial charge in [-0.15, -0.1) is 0 Å². The summed E-state index contributed by atoms with van der Waals surface area (Å²) < 4.78 is 0. The van der Waals surface area contributed by atoms with Gasteiger partial charge < -0.3 is 5.73 Å². The normalized spacial score (nSPS) is 7.55. The van der Waals surface area contributed by atoms with Gasteiger partial charge in [0.05, 0.1) is 0 Å². The smallest absolute Gasteiger partial charge is 0.152 e. The molecular formula is C8H5N3. The number of hydrogen-bond donors (Lipinski definition) is 1.